The number of hydrogen-bond donors (Lipinski definition) is 1. The smallest absolute Gasteiger partial charge is 0.255 e. The van der Waals surface area contributed by atoms with Crippen LogP contribution in [0.2, 0.25) is 0 Å². The van der Waals surface area contributed by atoms with Crippen molar-refractivity contribution < 1.29 is 0 Å². The van der Waals surface area contributed by atoms with Crippen molar-refractivity contribution in [1.29, 1.82) is 0 Å². The van der Waals surface area contributed by atoms with Crippen molar-refractivity contribution in [2.24, 2.45) is 0 Å². The van der Waals surface area contributed by atoms with E-state index >= 15 is 0 Å². The molecule has 0 saturated carbocycles. The van der Waals surface area contributed by atoms with Gasteiger partial charge in [0.1, 0.15) is 0 Å². The second kappa shape index (κ2) is 4.00. The topological polar surface area (TPSA) is 34.0 Å². The molecule has 1 aromatic heterocycles. The first-order chi connectivity index (χ1) is 7.31. The minimum Gasteiger partial charge on any atom is -0.388 e. The quantitative estimate of drug-likeness (QED) is 0.803. The third-order valence-electron chi connectivity index (χ3n) is 2.24. The van der Waals surface area contributed by atoms with Gasteiger partial charge in [0.15, 0.2) is 0 Å². The van der Waals surface area contributed by atoms with Crippen molar-refractivity contribution in [3.8, 4) is 5.69 Å². The molecule has 0 unspecified atom stereocenters. The van der Waals surface area contributed by atoms with Crippen LogP contribution in [-0.2, 0) is 0 Å². The Labute approximate surface area is 88.0 Å². The Balaban J connectivity index is 2.54. The minimum atomic E-state index is -0.0225. The molecule has 0 fully saturated rings. The molecule has 0 radical (unpaired) electrons. The second-order valence-corrected chi connectivity index (χ2v) is 3.21. The monoisotopic (exact) mass is 200 g/mol. The Morgan fingerprint density at radius 3 is 2.73 bits per heavy atom. The summed E-state index contributed by atoms with van der Waals surface area (Å²) in [7, 11) is 1.85. The van der Waals surface area contributed by atoms with Gasteiger partial charge < -0.3 is 5.32 Å². The van der Waals surface area contributed by atoms with Gasteiger partial charge in [0, 0.05) is 25.0 Å². The van der Waals surface area contributed by atoms with Crippen molar-refractivity contribution in [1.82, 2.24) is 4.57 Å². The number of nitrogens with zero attached hydrogens (tertiary/aromatic N) is 1. The summed E-state index contributed by atoms with van der Waals surface area (Å²) in [6.07, 6.45) is 1.76. The molecule has 0 saturated heterocycles. The summed E-state index contributed by atoms with van der Waals surface area (Å²) >= 11 is 0. The lowest BCUT2D eigenvalue weighted by atomic mass is 10.2. The summed E-state index contributed by atoms with van der Waals surface area (Å²) < 4.78 is 1.61. The van der Waals surface area contributed by atoms with Crippen LogP contribution in [0.3, 0.4) is 0 Å². The number of aromatic nitrogens is 1. The number of anilines is 1. The fourth-order valence-electron chi connectivity index (χ4n) is 1.45. The Kier molecular flexibility index (Phi) is 2.54. The van der Waals surface area contributed by atoms with Crippen LogP contribution in [0.5, 0.6) is 0 Å². The number of rotatable bonds is 2. The molecule has 76 valence electrons. The summed E-state index contributed by atoms with van der Waals surface area (Å²) in [5, 5.41) is 3.04. The van der Waals surface area contributed by atoms with Gasteiger partial charge in [-0.2, -0.15) is 0 Å². The highest BCUT2D eigenvalue weighted by atomic mass is 16.1. The zero-order valence-corrected chi connectivity index (χ0v) is 8.47. The van der Waals surface area contributed by atoms with Crippen molar-refractivity contribution in [2.75, 3.05) is 12.4 Å². The number of hydrogen-bond acceptors (Lipinski definition) is 2. The van der Waals surface area contributed by atoms with Gasteiger partial charge in [-0.15, -0.1) is 0 Å². The first kappa shape index (κ1) is 9.52. The van der Waals surface area contributed by atoms with Crippen LogP contribution in [0.25, 0.3) is 5.69 Å². The molecule has 0 amide bonds. The molecule has 3 heteroatoms. The van der Waals surface area contributed by atoms with E-state index in [9.17, 15) is 4.79 Å². The van der Waals surface area contributed by atoms with Gasteiger partial charge >= 0.3 is 0 Å². The van der Waals surface area contributed by atoms with E-state index in [0.717, 1.165) is 11.4 Å². The molecule has 0 aliphatic heterocycles. The lowest BCUT2D eigenvalue weighted by Crippen LogP contribution is -2.15. The summed E-state index contributed by atoms with van der Waals surface area (Å²) in [6, 6.07) is 12.8. The van der Waals surface area contributed by atoms with Gasteiger partial charge in [-0.1, -0.05) is 12.1 Å². The maximum absolute atomic E-state index is 11.6. The summed E-state index contributed by atoms with van der Waals surface area (Å²) in [5.41, 5.74) is 1.83. The first-order valence-electron chi connectivity index (χ1n) is 4.77. The van der Waals surface area contributed by atoms with Gasteiger partial charge in [0.05, 0.1) is 5.69 Å². The molecule has 0 aliphatic rings. The molecule has 1 aromatic carbocycles. The highest BCUT2D eigenvalue weighted by molar-refractivity contribution is 5.50. The third kappa shape index (κ3) is 1.91. The van der Waals surface area contributed by atoms with Crippen molar-refractivity contribution in [3.05, 3.63) is 59.0 Å². The lowest BCUT2D eigenvalue weighted by molar-refractivity contribution is 0.991. The molecular weight excluding hydrogens is 188 g/mol. The zero-order chi connectivity index (χ0) is 10.7. The van der Waals surface area contributed by atoms with Gasteiger partial charge in [0.25, 0.3) is 5.56 Å². The van der Waals surface area contributed by atoms with Crippen LogP contribution in [0.4, 0.5) is 5.69 Å². The van der Waals surface area contributed by atoms with Crippen LogP contribution >= 0.6 is 0 Å². The van der Waals surface area contributed by atoms with E-state index in [1.165, 1.54) is 0 Å². The molecule has 15 heavy (non-hydrogen) atoms. The largest absolute Gasteiger partial charge is 0.388 e. The van der Waals surface area contributed by atoms with E-state index in [-0.39, 0.29) is 5.56 Å². The van der Waals surface area contributed by atoms with Crippen LogP contribution < -0.4 is 10.9 Å². The Bertz CT molecular complexity index is 517. The number of nitrogens with one attached hydrogen (secondary N) is 1. The molecule has 1 heterocycles. The second-order valence-electron chi connectivity index (χ2n) is 3.21. The molecular formula is C12H12N2O. The molecule has 3 nitrogen and oxygen atoms in total. The van der Waals surface area contributed by atoms with E-state index in [1.807, 2.05) is 37.4 Å². The average Bonchev–Trinajstić information content (AvgIpc) is 2.30. The average molecular weight is 200 g/mol. The van der Waals surface area contributed by atoms with Crippen molar-refractivity contribution in [3.63, 3.8) is 0 Å². The van der Waals surface area contributed by atoms with Gasteiger partial charge in [-0.05, 0) is 24.3 Å². The maximum atomic E-state index is 11.6. The van der Waals surface area contributed by atoms with E-state index in [2.05, 4.69) is 5.32 Å². The molecule has 0 bridgehead atoms. The number of benzene rings is 1. The molecule has 0 atom stereocenters. The van der Waals surface area contributed by atoms with E-state index in [4.69, 9.17) is 0 Å². The first-order valence-corrected chi connectivity index (χ1v) is 4.77. The fraction of sp³-hybridized carbons (Fsp3) is 0.0833. The van der Waals surface area contributed by atoms with Gasteiger partial charge in [-0.3, -0.25) is 9.36 Å². The maximum Gasteiger partial charge on any atom is 0.255 e. The fourth-order valence-corrected chi connectivity index (χ4v) is 1.45. The molecule has 1 N–H and O–H groups in total. The summed E-state index contributed by atoms with van der Waals surface area (Å²) in [4.78, 5) is 11.6. The van der Waals surface area contributed by atoms with Crippen LogP contribution in [0, 0.1) is 0 Å². The van der Waals surface area contributed by atoms with Gasteiger partial charge in [0.2, 0.25) is 0 Å². The van der Waals surface area contributed by atoms with E-state index < -0.39 is 0 Å². The molecule has 2 rings (SSSR count). The summed E-state index contributed by atoms with van der Waals surface area (Å²) in [6.45, 7) is 0. The number of pyridine rings is 1. The standard InChI is InChI=1S/C12H12N2O/c1-13-10-5-4-6-11(9-10)14-8-3-2-7-12(14)15/h2-9,13H,1H3. The predicted molar refractivity (Wildman–Crippen MR) is 61.6 cm³/mol. The zero-order valence-electron chi connectivity index (χ0n) is 8.47. The lowest BCUT2D eigenvalue weighted by Gasteiger charge is -2.06. The Morgan fingerprint density at radius 2 is 2.00 bits per heavy atom. The summed E-state index contributed by atoms with van der Waals surface area (Å²) in [5.74, 6) is 0. The van der Waals surface area contributed by atoms with E-state index in [0.29, 0.717) is 0 Å². The normalized spacial score (nSPS) is 9.93. The highest BCUT2D eigenvalue weighted by Crippen LogP contribution is 2.12. The van der Waals surface area contributed by atoms with E-state index in [1.54, 1.807) is 22.9 Å². The highest BCUT2D eigenvalue weighted by Gasteiger charge is 1.98. The minimum absolute atomic E-state index is 0.0225. The van der Waals surface area contributed by atoms with Crippen LogP contribution in [0.15, 0.2) is 53.5 Å². The van der Waals surface area contributed by atoms with Crippen molar-refractivity contribution >= 4 is 5.69 Å². The van der Waals surface area contributed by atoms with Crippen LogP contribution in [-0.4, -0.2) is 11.6 Å². The van der Waals surface area contributed by atoms with Crippen LogP contribution in [0.1, 0.15) is 0 Å². The predicted octanol–water partition coefficient (Wildman–Crippen LogP) is 1.88. The molecule has 2 aromatic rings. The SMILES string of the molecule is CNc1cccc(-n2ccccc2=O)c1. The molecule has 0 spiro atoms. The molecule has 0 aliphatic carbocycles. The third-order valence-corrected chi connectivity index (χ3v) is 2.24. The Morgan fingerprint density at radius 1 is 1.13 bits per heavy atom. The van der Waals surface area contributed by atoms with Gasteiger partial charge in [-0.25, -0.2) is 0 Å². The van der Waals surface area contributed by atoms with Crippen molar-refractivity contribution in [2.45, 2.75) is 0 Å². The Hall–Kier alpha value is -2.03.